The Morgan fingerprint density at radius 2 is 2.00 bits per heavy atom. The van der Waals surface area contributed by atoms with Gasteiger partial charge in [-0.15, -0.1) is 0 Å². The highest BCUT2D eigenvalue weighted by Crippen LogP contribution is 2.29. The summed E-state index contributed by atoms with van der Waals surface area (Å²) in [5.41, 5.74) is 5.28. The predicted molar refractivity (Wildman–Crippen MR) is 139 cm³/mol. The minimum atomic E-state index is -0.136. The third-order valence-corrected chi connectivity index (χ3v) is 6.40. The molecule has 3 heterocycles. The molecule has 0 amide bonds. The summed E-state index contributed by atoms with van der Waals surface area (Å²) in [4.78, 5) is 27.2. The van der Waals surface area contributed by atoms with Gasteiger partial charge in [-0.2, -0.15) is 0 Å². The number of aliphatic hydroxyl groups excluding tert-OH is 1. The number of rotatable bonds is 8. The number of allylic oxidation sites excluding steroid dienone is 1. The maximum absolute atomic E-state index is 13.6. The Kier molecular flexibility index (Phi) is 7.78. The van der Waals surface area contributed by atoms with Gasteiger partial charge in [-0.05, 0) is 50.8 Å². The van der Waals surface area contributed by atoms with Gasteiger partial charge in [0.05, 0.1) is 17.6 Å². The molecule has 0 saturated heterocycles. The van der Waals surface area contributed by atoms with Gasteiger partial charge in [0, 0.05) is 52.8 Å². The summed E-state index contributed by atoms with van der Waals surface area (Å²) in [5.74, 6) is 0.784. The summed E-state index contributed by atoms with van der Waals surface area (Å²) < 4.78 is 1.70. The van der Waals surface area contributed by atoms with Crippen molar-refractivity contribution in [3.05, 3.63) is 79.8 Å². The highest BCUT2D eigenvalue weighted by Gasteiger charge is 2.16. The van der Waals surface area contributed by atoms with E-state index in [1.807, 2.05) is 38.1 Å². The molecule has 0 bridgehead atoms. The number of nitrogens with one attached hydrogen (secondary N) is 1. The van der Waals surface area contributed by atoms with E-state index in [-0.39, 0.29) is 12.2 Å². The van der Waals surface area contributed by atoms with Gasteiger partial charge < -0.3 is 10.4 Å². The first-order valence-corrected chi connectivity index (χ1v) is 12.3. The number of hydrogen-bond donors (Lipinski definition) is 2. The van der Waals surface area contributed by atoms with Crippen LogP contribution >= 0.6 is 11.6 Å². The van der Waals surface area contributed by atoms with Gasteiger partial charge in [0.2, 0.25) is 0 Å². The van der Waals surface area contributed by atoms with Gasteiger partial charge in [-0.1, -0.05) is 36.7 Å². The molecule has 0 unspecified atom stereocenters. The summed E-state index contributed by atoms with van der Waals surface area (Å²) in [5, 5.41) is 13.9. The molecule has 0 aliphatic carbocycles. The molecule has 8 heteroatoms. The lowest BCUT2D eigenvalue weighted by molar-refractivity contribution is 0.287. The van der Waals surface area contributed by atoms with Gasteiger partial charge in [0.25, 0.3) is 5.56 Å². The summed E-state index contributed by atoms with van der Waals surface area (Å²) in [7, 11) is 0. The quantitative estimate of drug-likeness (QED) is 0.471. The number of benzene rings is 1. The predicted octanol–water partition coefficient (Wildman–Crippen LogP) is 3.35. The molecule has 7 nitrogen and oxygen atoms in total. The number of pyridine rings is 1. The molecule has 1 aromatic carbocycles. The van der Waals surface area contributed by atoms with Crippen LogP contribution in [0.5, 0.6) is 0 Å². The van der Waals surface area contributed by atoms with Crippen molar-refractivity contribution in [1.82, 2.24) is 19.9 Å². The molecule has 4 rings (SSSR count). The standard InChI is InChI=1S/C27H30ClN5O2/c1-4-18-7-8-20-13-22(27(35)33(5-2)26(20)32-25(18)30-11-6-12-34)21-10-9-19(14-23(21)28)24-16-29-15-17(3)31-24/h8-10,13-16,30,34H,4-7,11-12H2,1-3H3. The van der Waals surface area contributed by atoms with E-state index in [9.17, 15) is 4.79 Å². The zero-order valence-electron chi connectivity index (χ0n) is 20.3. The Morgan fingerprint density at radius 1 is 1.17 bits per heavy atom. The van der Waals surface area contributed by atoms with Crippen molar-refractivity contribution in [3.63, 3.8) is 0 Å². The Labute approximate surface area is 209 Å². The lowest BCUT2D eigenvalue weighted by Crippen LogP contribution is -2.44. The van der Waals surface area contributed by atoms with E-state index in [2.05, 4.69) is 28.3 Å². The van der Waals surface area contributed by atoms with Gasteiger partial charge in [-0.3, -0.25) is 14.3 Å². The van der Waals surface area contributed by atoms with Crippen LogP contribution in [0.15, 0.2) is 57.8 Å². The fourth-order valence-electron chi connectivity index (χ4n) is 4.21. The fraction of sp³-hybridized carbons (Fsp3) is 0.333. The van der Waals surface area contributed by atoms with Crippen molar-refractivity contribution in [1.29, 1.82) is 0 Å². The van der Waals surface area contributed by atoms with Gasteiger partial charge in [-0.25, -0.2) is 9.98 Å². The number of aromatic nitrogens is 3. The monoisotopic (exact) mass is 491 g/mol. The Hall–Kier alpha value is -3.29. The van der Waals surface area contributed by atoms with Crippen LogP contribution in [0, 0.1) is 6.92 Å². The maximum atomic E-state index is 13.6. The number of nitrogens with zero attached hydrogens (tertiary/aromatic N) is 4. The van der Waals surface area contributed by atoms with Crippen LogP contribution < -0.4 is 21.6 Å². The third kappa shape index (κ3) is 5.21. The zero-order chi connectivity index (χ0) is 24.9. The average molecular weight is 492 g/mol. The van der Waals surface area contributed by atoms with Crippen LogP contribution in [-0.4, -0.2) is 32.8 Å². The van der Waals surface area contributed by atoms with Crippen molar-refractivity contribution in [2.45, 2.75) is 46.6 Å². The second-order valence-corrected chi connectivity index (χ2v) is 8.86. The molecule has 0 atom stereocenters. The second-order valence-electron chi connectivity index (χ2n) is 8.46. The van der Waals surface area contributed by atoms with Crippen molar-refractivity contribution < 1.29 is 5.11 Å². The second kappa shape index (κ2) is 11.0. The molecule has 0 saturated carbocycles. The molecule has 1 aliphatic heterocycles. The minimum Gasteiger partial charge on any atom is -0.396 e. The first kappa shape index (κ1) is 24.8. The van der Waals surface area contributed by atoms with Gasteiger partial charge >= 0.3 is 0 Å². The Bertz CT molecular complexity index is 1460. The first-order chi connectivity index (χ1) is 17.0. The fourth-order valence-corrected chi connectivity index (χ4v) is 4.50. The Balaban J connectivity index is 1.83. The third-order valence-electron chi connectivity index (χ3n) is 6.09. The van der Waals surface area contributed by atoms with Crippen LogP contribution in [0.25, 0.3) is 28.5 Å². The molecule has 0 radical (unpaired) electrons. The van der Waals surface area contributed by atoms with E-state index in [1.165, 1.54) is 0 Å². The Morgan fingerprint density at radius 3 is 2.69 bits per heavy atom. The van der Waals surface area contributed by atoms with E-state index >= 15 is 0 Å². The average Bonchev–Trinajstić information content (AvgIpc) is 3.03. The summed E-state index contributed by atoms with van der Waals surface area (Å²) in [6, 6.07) is 7.51. The molecule has 3 aromatic rings. The lowest BCUT2D eigenvalue weighted by atomic mass is 10.0. The highest BCUT2D eigenvalue weighted by atomic mass is 35.5. The van der Waals surface area contributed by atoms with E-state index in [4.69, 9.17) is 21.7 Å². The van der Waals surface area contributed by atoms with Crippen molar-refractivity contribution in [2.24, 2.45) is 4.99 Å². The van der Waals surface area contributed by atoms with Gasteiger partial charge in [0.15, 0.2) is 0 Å². The van der Waals surface area contributed by atoms with Crippen LogP contribution in [0.1, 0.15) is 38.8 Å². The van der Waals surface area contributed by atoms with E-state index < -0.39 is 0 Å². The number of aliphatic hydroxyl groups is 1. The largest absolute Gasteiger partial charge is 0.396 e. The van der Waals surface area contributed by atoms with Crippen LogP contribution in [0.3, 0.4) is 0 Å². The van der Waals surface area contributed by atoms with Crippen LogP contribution in [0.2, 0.25) is 5.02 Å². The number of aryl methyl sites for hydroxylation is 1. The normalized spacial score (nSPS) is 13.1. The molecule has 2 N–H and O–H groups in total. The van der Waals surface area contributed by atoms with Crippen molar-refractivity contribution in [3.8, 4) is 22.4 Å². The number of fused-ring (bicyclic) bond motifs is 1. The SMILES string of the molecule is CCC1=C(NCCCO)N=c2c(cc(-c3ccc(-c4cncc(C)n4)cc3Cl)c(=O)n2CC)=CC1. The molecular formula is C27H30ClN5O2. The molecule has 0 spiro atoms. The lowest BCUT2D eigenvalue weighted by Gasteiger charge is -2.12. The van der Waals surface area contributed by atoms with Gasteiger partial charge in [0.1, 0.15) is 11.3 Å². The van der Waals surface area contributed by atoms with E-state index in [0.29, 0.717) is 41.1 Å². The van der Waals surface area contributed by atoms with Crippen LogP contribution in [0.4, 0.5) is 0 Å². The molecule has 0 fully saturated rings. The zero-order valence-corrected chi connectivity index (χ0v) is 21.1. The molecule has 1 aliphatic rings. The molecule has 35 heavy (non-hydrogen) atoms. The maximum Gasteiger partial charge on any atom is 0.260 e. The molecular weight excluding hydrogens is 462 g/mol. The molecule has 2 aromatic heterocycles. The van der Waals surface area contributed by atoms with E-state index in [0.717, 1.165) is 46.4 Å². The smallest absolute Gasteiger partial charge is 0.260 e. The van der Waals surface area contributed by atoms with Crippen molar-refractivity contribution in [2.75, 3.05) is 13.2 Å². The molecule has 182 valence electrons. The summed E-state index contributed by atoms with van der Waals surface area (Å²) >= 11 is 6.71. The summed E-state index contributed by atoms with van der Waals surface area (Å²) in [6.45, 7) is 7.14. The highest BCUT2D eigenvalue weighted by molar-refractivity contribution is 6.33. The topological polar surface area (TPSA) is 92.4 Å². The van der Waals surface area contributed by atoms with Crippen molar-refractivity contribution >= 4 is 17.7 Å². The van der Waals surface area contributed by atoms with E-state index in [1.54, 1.807) is 17.0 Å². The minimum absolute atomic E-state index is 0.115. The summed E-state index contributed by atoms with van der Waals surface area (Å²) in [6.07, 6.45) is 7.73. The van der Waals surface area contributed by atoms with Crippen LogP contribution in [-0.2, 0) is 6.54 Å². The number of hydrogen-bond acceptors (Lipinski definition) is 6. The number of halogens is 1. The first-order valence-electron chi connectivity index (χ1n) is 11.9.